The Hall–Kier alpha value is -2.61. The van der Waals surface area contributed by atoms with Crippen molar-refractivity contribution in [3.8, 4) is 0 Å². The number of hydrogen-bond acceptors (Lipinski definition) is 6. The van der Waals surface area contributed by atoms with E-state index in [1.807, 2.05) is 25.1 Å². The molecule has 0 unspecified atom stereocenters. The van der Waals surface area contributed by atoms with Crippen LogP contribution in [-0.4, -0.2) is 34.7 Å². The summed E-state index contributed by atoms with van der Waals surface area (Å²) in [5.41, 5.74) is 2.80. The van der Waals surface area contributed by atoms with Crippen LogP contribution in [0.3, 0.4) is 0 Å². The number of anilines is 1. The van der Waals surface area contributed by atoms with Gasteiger partial charge in [0.15, 0.2) is 5.16 Å². The number of H-pyrrole nitrogens is 1. The molecule has 27 heavy (non-hydrogen) atoms. The second-order valence-electron chi connectivity index (χ2n) is 6.33. The van der Waals surface area contributed by atoms with Gasteiger partial charge in [0, 0.05) is 11.8 Å². The van der Waals surface area contributed by atoms with Crippen molar-refractivity contribution in [2.75, 3.05) is 18.2 Å². The predicted molar refractivity (Wildman–Crippen MR) is 105 cm³/mol. The molecule has 1 aromatic carbocycles. The molecule has 0 saturated carbocycles. The number of amides is 1. The molecule has 1 amide bonds. The number of aromatic amines is 1. The van der Waals surface area contributed by atoms with Crippen molar-refractivity contribution in [2.24, 2.45) is 0 Å². The number of rotatable bonds is 7. The number of aryl methyl sites for hydroxylation is 1. The number of para-hydroxylation sites is 1. The molecule has 0 spiro atoms. The van der Waals surface area contributed by atoms with Crippen molar-refractivity contribution < 1.29 is 14.3 Å². The SMILES string of the molecule is COC(=O)Cc1cc(=O)[nH]c(SCC(=O)Nc2c(C)cccc2C(C)C)n1. The maximum atomic E-state index is 12.4. The second-order valence-corrected chi connectivity index (χ2v) is 7.29. The van der Waals surface area contributed by atoms with Gasteiger partial charge in [-0.2, -0.15) is 0 Å². The quantitative estimate of drug-likeness (QED) is 0.429. The number of methoxy groups -OCH3 is 1. The van der Waals surface area contributed by atoms with Gasteiger partial charge in [0.05, 0.1) is 25.0 Å². The smallest absolute Gasteiger partial charge is 0.311 e. The minimum atomic E-state index is -0.484. The lowest BCUT2D eigenvalue weighted by Gasteiger charge is -2.16. The third kappa shape index (κ3) is 5.96. The zero-order valence-electron chi connectivity index (χ0n) is 15.8. The molecule has 1 aromatic heterocycles. The van der Waals surface area contributed by atoms with Crippen LogP contribution in [0, 0.1) is 6.92 Å². The highest BCUT2D eigenvalue weighted by molar-refractivity contribution is 7.99. The summed E-state index contributed by atoms with van der Waals surface area (Å²) in [7, 11) is 1.27. The number of carbonyl (C=O) groups is 2. The van der Waals surface area contributed by atoms with E-state index >= 15 is 0 Å². The molecular weight excluding hydrogens is 366 g/mol. The van der Waals surface area contributed by atoms with Crippen molar-refractivity contribution in [1.82, 2.24) is 9.97 Å². The first kappa shape index (κ1) is 20.7. The summed E-state index contributed by atoms with van der Waals surface area (Å²) in [5, 5.41) is 3.23. The predicted octanol–water partition coefficient (Wildman–Crippen LogP) is 2.65. The molecule has 2 rings (SSSR count). The molecule has 7 nitrogen and oxygen atoms in total. The van der Waals surface area contributed by atoms with Crippen molar-refractivity contribution in [2.45, 2.75) is 38.3 Å². The highest BCUT2D eigenvalue weighted by Crippen LogP contribution is 2.27. The summed E-state index contributed by atoms with van der Waals surface area (Å²) in [6, 6.07) is 7.15. The molecule has 0 radical (unpaired) electrons. The van der Waals surface area contributed by atoms with Crippen molar-refractivity contribution >= 4 is 29.3 Å². The van der Waals surface area contributed by atoms with E-state index in [0.717, 1.165) is 28.6 Å². The molecule has 2 aromatic rings. The third-order valence-corrected chi connectivity index (χ3v) is 4.73. The molecule has 144 valence electrons. The van der Waals surface area contributed by atoms with E-state index in [-0.39, 0.29) is 34.7 Å². The molecule has 2 N–H and O–H groups in total. The minimum Gasteiger partial charge on any atom is -0.469 e. The largest absolute Gasteiger partial charge is 0.469 e. The van der Waals surface area contributed by atoms with Gasteiger partial charge in [0.2, 0.25) is 5.91 Å². The zero-order valence-corrected chi connectivity index (χ0v) is 16.6. The lowest BCUT2D eigenvalue weighted by Crippen LogP contribution is -2.18. The Labute approximate surface area is 161 Å². The van der Waals surface area contributed by atoms with Gasteiger partial charge in [-0.1, -0.05) is 43.8 Å². The Kier molecular flexibility index (Phi) is 7.18. The number of carbonyl (C=O) groups excluding carboxylic acids is 2. The van der Waals surface area contributed by atoms with Crippen LogP contribution >= 0.6 is 11.8 Å². The standard InChI is InChI=1S/C19H23N3O4S/c1-11(2)14-7-5-6-12(3)18(14)21-16(24)10-27-19-20-13(8-15(23)22-19)9-17(25)26-4/h5-8,11H,9-10H2,1-4H3,(H,21,24)(H,20,22,23). The van der Waals surface area contributed by atoms with Gasteiger partial charge >= 0.3 is 5.97 Å². The second kappa shape index (κ2) is 9.36. The molecule has 1 heterocycles. The first-order chi connectivity index (χ1) is 12.8. The molecular formula is C19H23N3O4S. The Morgan fingerprint density at radius 3 is 2.74 bits per heavy atom. The monoisotopic (exact) mass is 389 g/mol. The van der Waals surface area contributed by atoms with Gasteiger partial charge in [0.1, 0.15) is 0 Å². The normalized spacial score (nSPS) is 10.7. The molecule has 0 bridgehead atoms. The van der Waals surface area contributed by atoms with Gasteiger partial charge in [-0.05, 0) is 24.0 Å². The number of hydrogen-bond donors (Lipinski definition) is 2. The number of aromatic nitrogens is 2. The van der Waals surface area contributed by atoms with Crippen LogP contribution < -0.4 is 10.9 Å². The van der Waals surface area contributed by atoms with Crippen LogP contribution in [0.5, 0.6) is 0 Å². The van der Waals surface area contributed by atoms with Gasteiger partial charge in [-0.15, -0.1) is 0 Å². The third-order valence-electron chi connectivity index (χ3n) is 3.86. The summed E-state index contributed by atoms with van der Waals surface area (Å²) in [5.74, 6) is -0.322. The van der Waals surface area contributed by atoms with Crippen LogP contribution in [0.1, 0.15) is 36.6 Å². The van der Waals surface area contributed by atoms with Crippen LogP contribution in [0.4, 0.5) is 5.69 Å². The number of ether oxygens (including phenoxy) is 1. The highest BCUT2D eigenvalue weighted by atomic mass is 32.2. The number of benzene rings is 1. The van der Waals surface area contributed by atoms with Gasteiger partial charge in [0.25, 0.3) is 5.56 Å². The fraction of sp³-hybridized carbons (Fsp3) is 0.368. The van der Waals surface area contributed by atoms with E-state index in [0.29, 0.717) is 5.69 Å². The highest BCUT2D eigenvalue weighted by Gasteiger charge is 2.13. The summed E-state index contributed by atoms with van der Waals surface area (Å²) < 4.78 is 4.58. The molecule has 0 aliphatic rings. The lowest BCUT2D eigenvalue weighted by atomic mass is 9.98. The molecule has 0 aliphatic carbocycles. The van der Waals surface area contributed by atoms with Gasteiger partial charge < -0.3 is 15.0 Å². The fourth-order valence-electron chi connectivity index (χ4n) is 2.51. The summed E-state index contributed by atoms with van der Waals surface area (Å²) in [6.45, 7) is 6.09. The average Bonchev–Trinajstić information content (AvgIpc) is 2.61. The van der Waals surface area contributed by atoms with E-state index in [4.69, 9.17) is 0 Å². The van der Waals surface area contributed by atoms with Crippen molar-refractivity contribution in [3.05, 3.63) is 51.4 Å². The van der Waals surface area contributed by atoms with Gasteiger partial charge in [-0.3, -0.25) is 14.4 Å². The Balaban J connectivity index is 2.06. The molecule has 0 aliphatic heterocycles. The molecule has 0 saturated heterocycles. The maximum absolute atomic E-state index is 12.4. The summed E-state index contributed by atoms with van der Waals surface area (Å²) in [6.07, 6.45) is -0.0961. The Morgan fingerprint density at radius 1 is 1.33 bits per heavy atom. The summed E-state index contributed by atoms with van der Waals surface area (Å²) >= 11 is 1.10. The van der Waals surface area contributed by atoms with Crippen LogP contribution in [0.25, 0.3) is 0 Å². The Morgan fingerprint density at radius 2 is 2.07 bits per heavy atom. The lowest BCUT2D eigenvalue weighted by molar-refractivity contribution is -0.139. The topological polar surface area (TPSA) is 101 Å². The van der Waals surface area contributed by atoms with Crippen molar-refractivity contribution in [1.29, 1.82) is 0 Å². The van der Waals surface area contributed by atoms with E-state index in [1.54, 1.807) is 0 Å². The number of thioether (sulfide) groups is 1. The van der Waals surface area contributed by atoms with Crippen LogP contribution in [0.2, 0.25) is 0 Å². The van der Waals surface area contributed by atoms with E-state index in [2.05, 4.69) is 33.9 Å². The zero-order chi connectivity index (χ0) is 20.0. The molecule has 0 fully saturated rings. The first-order valence-electron chi connectivity index (χ1n) is 8.49. The van der Waals surface area contributed by atoms with Gasteiger partial charge in [-0.25, -0.2) is 4.98 Å². The fourth-order valence-corrected chi connectivity index (χ4v) is 3.21. The van der Waals surface area contributed by atoms with Crippen LogP contribution in [-0.2, 0) is 20.7 Å². The number of nitrogens with one attached hydrogen (secondary N) is 2. The molecule has 8 heteroatoms. The van der Waals surface area contributed by atoms with E-state index in [9.17, 15) is 14.4 Å². The number of esters is 1. The van der Waals surface area contributed by atoms with E-state index in [1.165, 1.54) is 13.2 Å². The van der Waals surface area contributed by atoms with E-state index < -0.39 is 5.97 Å². The molecule has 0 atom stereocenters. The Bertz CT molecular complexity index is 893. The van der Waals surface area contributed by atoms with Crippen molar-refractivity contribution in [3.63, 3.8) is 0 Å². The summed E-state index contributed by atoms with van der Waals surface area (Å²) in [4.78, 5) is 42.2. The number of nitrogens with zero attached hydrogens (tertiary/aromatic N) is 1. The maximum Gasteiger partial charge on any atom is 0.311 e. The van der Waals surface area contributed by atoms with Crippen LogP contribution in [0.15, 0.2) is 34.2 Å². The first-order valence-corrected chi connectivity index (χ1v) is 9.48. The minimum absolute atomic E-state index is 0.0798. The average molecular weight is 389 g/mol.